The number of hydrogen-bond acceptors (Lipinski definition) is 4. The number of nitrogens with zero attached hydrogens (tertiary/aromatic N) is 3. The number of nitrogens with one attached hydrogen (secondary N) is 1. The molecule has 3 aromatic rings. The van der Waals surface area contributed by atoms with Crippen molar-refractivity contribution in [2.75, 3.05) is 5.43 Å². The Morgan fingerprint density at radius 3 is 2.67 bits per heavy atom. The third kappa shape index (κ3) is 3.01. The highest BCUT2D eigenvalue weighted by atomic mass is 35.5. The second-order valence-corrected chi connectivity index (χ2v) is 5.03. The van der Waals surface area contributed by atoms with E-state index in [1.165, 1.54) is 0 Å². The second kappa shape index (κ2) is 5.89. The summed E-state index contributed by atoms with van der Waals surface area (Å²) in [5, 5.41) is 15.2. The Morgan fingerprint density at radius 2 is 1.86 bits per heavy atom. The van der Waals surface area contributed by atoms with E-state index in [4.69, 9.17) is 11.6 Å². The van der Waals surface area contributed by atoms with E-state index in [0.717, 1.165) is 22.0 Å². The number of hydrazone groups is 1. The fraction of sp³-hybridized carbons (Fsp3) is 0.0625. The van der Waals surface area contributed by atoms with Gasteiger partial charge >= 0.3 is 0 Å². The number of hydrogen-bond donors (Lipinski definition) is 1. The lowest BCUT2D eigenvalue weighted by atomic mass is 10.1. The molecule has 1 N–H and O–H groups in total. The molecule has 0 bridgehead atoms. The van der Waals surface area contributed by atoms with Crippen LogP contribution in [-0.4, -0.2) is 15.9 Å². The fourth-order valence-electron chi connectivity index (χ4n) is 2.00. The van der Waals surface area contributed by atoms with Gasteiger partial charge in [-0.1, -0.05) is 48.0 Å². The molecule has 4 nitrogen and oxygen atoms in total. The molecule has 0 aliphatic rings. The Balaban J connectivity index is 1.88. The van der Waals surface area contributed by atoms with Crippen LogP contribution in [0.4, 0.5) is 5.82 Å². The van der Waals surface area contributed by atoms with Crippen LogP contribution >= 0.6 is 11.6 Å². The van der Waals surface area contributed by atoms with Crippen LogP contribution in [0.15, 0.2) is 59.8 Å². The molecule has 0 unspecified atom stereocenters. The van der Waals surface area contributed by atoms with E-state index in [9.17, 15) is 0 Å². The first-order valence-electron chi connectivity index (χ1n) is 6.51. The number of aromatic nitrogens is 2. The Kier molecular flexibility index (Phi) is 3.79. The maximum absolute atomic E-state index is 5.88. The molecule has 0 fully saturated rings. The van der Waals surface area contributed by atoms with Crippen LogP contribution in [0.3, 0.4) is 0 Å². The topological polar surface area (TPSA) is 50.2 Å². The average Bonchev–Trinajstić information content (AvgIpc) is 2.53. The Labute approximate surface area is 127 Å². The van der Waals surface area contributed by atoms with Gasteiger partial charge in [-0.05, 0) is 24.6 Å². The minimum atomic E-state index is 0.640. The fourth-order valence-corrected chi connectivity index (χ4v) is 2.13. The predicted octanol–water partition coefficient (Wildman–Crippen LogP) is 4.12. The second-order valence-electron chi connectivity index (χ2n) is 4.60. The van der Waals surface area contributed by atoms with E-state index in [-0.39, 0.29) is 0 Å². The molecule has 0 aliphatic carbocycles. The van der Waals surface area contributed by atoms with Crippen LogP contribution in [-0.2, 0) is 0 Å². The van der Waals surface area contributed by atoms with Crippen molar-refractivity contribution in [1.29, 1.82) is 0 Å². The monoisotopic (exact) mass is 296 g/mol. The number of anilines is 1. The van der Waals surface area contributed by atoms with Gasteiger partial charge in [-0.2, -0.15) is 10.2 Å². The average molecular weight is 297 g/mol. The molecule has 0 atom stereocenters. The minimum absolute atomic E-state index is 0.640. The highest BCUT2D eigenvalue weighted by Crippen LogP contribution is 2.19. The molecule has 0 spiro atoms. The molecule has 0 radical (unpaired) electrons. The van der Waals surface area contributed by atoms with E-state index in [1.807, 2.05) is 55.5 Å². The minimum Gasteiger partial charge on any atom is -0.259 e. The van der Waals surface area contributed by atoms with Gasteiger partial charge in [0, 0.05) is 15.8 Å². The van der Waals surface area contributed by atoms with Crippen molar-refractivity contribution in [3.63, 3.8) is 0 Å². The third-order valence-electron chi connectivity index (χ3n) is 3.16. The number of benzene rings is 2. The van der Waals surface area contributed by atoms with E-state index in [1.54, 1.807) is 6.20 Å². The van der Waals surface area contributed by atoms with Crippen molar-refractivity contribution in [3.8, 4) is 0 Å². The zero-order valence-electron chi connectivity index (χ0n) is 11.4. The van der Waals surface area contributed by atoms with Gasteiger partial charge in [-0.3, -0.25) is 5.43 Å². The lowest BCUT2D eigenvalue weighted by Crippen LogP contribution is -2.01. The summed E-state index contributed by atoms with van der Waals surface area (Å²) in [7, 11) is 0. The van der Waals surface area contributed by atoms with E-state index in [2.05, 4.69) is 20.7 Å². The van der Waals surface area contributed by atoms with E-state index in [0.29, 0.717) is 10.8 Å². The lowest BCUT2D eigenvalue weighted by molar-refractivity contribution is 1.04. The van der Waals surface area contributed by atoms with Crippen LogP contribution in [0.5, 0.6) is 0 Å². The highest BCUT2D eigenvalue weighted by Gasteiger charge is 2.02. The maximum atomic E-state index is 5.88. The van der Waals surface area contributed by atoms with Crippen molar-refractivity contribution in [3.05, 3.63) is 65.3 Å². The van der Waals surface area contributed by atoms with Crippen molar-refractivity contribution in [2.24, 2.45) is 5.10 Å². The standard InChI is InChI=1S/C16H13ClN4/c1-11(12-6-8-14(17)9-7-12)19-21-16-15-5-3-2-4-13(15)10-18-20-16/h2-10H,1H3,(H,20,21)/b19-11-. The summed E-state index contributed by atoms with van der Waals surface area (Å²) in [6, 6.07) is 15.4. The molecule has 1 aromatic heterocycles. The largest absolute Gasteiger partial charge is 0.259 e. The van der Waals surface area contributed by atoms with Crippen LogP contribution in [0.1, 0.15) is 12.5 Å². The van der Waals surface area contributed by atoms with Crippen molar-refractivity contribution in [1.82, 2.24) is 10.2 Å². The Bertz CT molecular complexity index is 791. The van der Waals surface area contributed by atoms with Crippen molar-refractivity contribution < 1.29 is 0 Å². The van der Waals surface area contributed by atoms with E-state index >= 15 is 0 Å². The lowest BCUT2D eigenvalue weighted by Gasteiger charge is -2.05. The molecule has 0 amide bonds. The number of halogens is 1. The van der Waals surface area contributed by atoms with Crippen LogP contribution < -0.4 is 5.43 Å². The van der Waals surface area contributed by atoms with Gasteiger partial charge in [0.15, 0.2) is 5.82 Å². The Hall–Kier alpha value is -2.46. The normalized spacial score (nSPS) is 11.6. The van der Waals surface area contributed by atoms with Crippen molar-refractivity contribution in [2.45, 2.75) is 6.92 Å². The van der Waals surface area contributed by atoms with Crippen LogP contribution in [0, 0.1) is 0 Å². The first-order valence-corrected chi connectivity index (χ1v) is 6.88. The summed E-state index contributed by atoms with van der Waals surface area (Å²) in [5.74, 6) is 0.640. The molecule has 0 saturated heterocycles. The van der Waals surface area contributed by atoms with Gasteiger partial charge in [0.05, 0.1) is 11.9 Å². The first-order chi connectivity index (χ1) is 10.2. The first kappa shape index (κ1) is 13.5. The smallest absolute Gasteiger partial charge is 0.176 e. The third-order valence-corrected chi connectivity index (χ3v) is 3.41. The summed E-state index contributed by atoms with van der Waals surface area (Å²) in [5.41, 5.74) is 4.83. The summed E-state index contributed by atoms with van der Waals surface area (Å²) < 4.78 is 0. The van der Waals surface area contributed by atoms with Gasteiger partial charge in [-0.25, -0.2) is 0 Å². The van der Waals surface area contributed by atoms with Gasteiger partial charge in [0.2, 0.25) is 0 Å². The molecule has 104 valence electrons. The molecule has 21 heavy (non-hydrogen) atoms. The SMILES string of the molecule is C/C(=N/Nc1nncc2ccccc12)c1ccc(Cl)cc1. The van der Waals surface area contributed by atoms with Gasteiger partial charge < -0.3 is 0 Å². The van der Waals surface area contributed by atoms with Crippen LogP contribution in [0.2, 0.25) is 5.02 Å². The zero-order chi connectivity index (χ0) is 14.7. The molecule has 0 saturated carbocycles. The summed E-state index contributed by atoms with van der Waals surface area (Å²) in [6.45, 7) is 1.93. The predicted molar refractivity (Wildman–Crippen MR) is 86.8 cm³/mol. The summed E-state index contributed by atoms with van der Waals surface area (Å²) >= 11 is 5.88. The highest BCUT2D eigenvalue weighted by molar-refractivity contribution is 6.30. The molecular formula is C16H13ClN4. The summed E-state index contributed by atoms with van der Waals surface area (Å²) in [6.07, 6.45) is 1.73. The zero-order valence-corrected chi connectivity index (χ0v) is 12.2. The van der Waals surface area contributed by atoms with Gasteiger partial charge in [0.25, 0.3) is 0 Å². The quantitative estimate of drug-likeness (QED) is 0.584. The number of rotatable bonds is 3. The molecule has 2 aromatic carbocycles. The molecular weight excluding hydrogens is 284 g/mol. The maximum Gasteiger partial charge on any atom is 0.176 e. The molecule has 5 heteroatoms. The summed E-state index contributed by atoms with van der Waals surface area (Å²) in [4.78, 5) is 0. The van der Waals surface area contributed by atoms with Gasteiger partial charge in [-0.15, -0.1) is 5.10 Å². The molecule has 0 aliphatic heterocycles. The van der Waals surface area contributed by atoms with Crippen molar-refractivity contribution >= 4 is 33.9 Å². The molecule has 3 rings (SSSR count). The van der Waals surface area contributed by atoms with Crippen LogP contribution in [0.25, 0.3) is 10.8 Å². The Morgan fingerprint density at radius 1 is 1.10 bits per heavy atom. The molecule has 1 heterocycles. The van der Waals surface area contributed by atoms with E-state index < -0.39 is 0 Å². The van der Waals surface area contributed by atoms with Gasteiger partial charge in [0.1, 0.15) is 0 Å². The number of fused-ring (bicyclic) bond motifs is 1.